The van der Waals surface area contributed by atoms with Gasteiger partial charge in [-0.25, -0.2) is 9.36 Å². The van der Waals surface area contributed by atoms with Crippen LogP contribution in [0.5, 0.6) is 11.5 Å². The fourth-order valence-electron chi connectivity index (χ4n) is 3.22. The predicted octanol–water partition coefficient (Wildman–Crippen LogP) is 1.68. The first-order chi connectivity index (χ1) is 17.6. The van der Waals surface area contributed by atoms with Crippen LogP contribution in [0.4, 0.5) is 0 Å². The molecule has 2 unspecified atom stereocenters. The second-order valence-electron chi connectivity index (χ2n) is 8.00. The quantitative estimate of drug-likeness (QED) is 0.165. The summed E-state index contributed by atoms with van der Waals surface area (Å²) in [4.78, 5) is 37.9. The normalized spacial score (nSPS) is 19.2. The standard InChI is InChI=1S/C23H30N3O10P/c1-15-13-26(23(29)24-21(15)27)20-10-9-19(35-20)14-34-37(30,25-16(2)22(28)32-4)36-18-7-5-17(6-8-18)33-12-11-31-3/h5-10,13,16,19-20H,11-12,14H2,1-4H3,(H,25,30)(H,24,27,29)/t16?,19-,20+,37?/m0/s1. The number of carbonyl (C=O) groups is 1. The van der Waals surface area contributed by atoms with Gasteiger partial charge in [-0.15, -0.1) is 0 Å². The van der Waals surface area contributed by atoms with E-state index in [-0.39, 0.29) is 12.4 Å². The molecule has 1 aromatic heterocycles. The van der Waals surface area contributed by atoms with Crippen molar-refractivity contribution in [2.75, 3.05) is 34.0 Å². The van der Waals surface area contributed by atoms with Gasteiger partial charge in [-0.3, -0.25) is 23.7 Å². The van der Waals surface area contributed by atoms with Crippen LogP contribution in [0.15, 0.2) is 52.2 Å². The van der Waals surface area contributed by atoms with E-state index in [1.165, 1.54) is 36.9 Å². The van der Waals surface area contributed by atoms with Crippen molar-refractivity contribution in [1.29, 1.82) is 0 Å². The minimum absolute atomic E-state index is 0.197. The molecule has 14 heteroatoms. The molecule has 1 aliphatic heterocycles. The Labute approximate surface area is 212 Å². The molecule has 0 amide bonds. The van der Waals surface area contributed by atoms with Crippen molar-refractivity contribution in [3.63, 3.8) is 0 Å². The zero-order chi connectivity index (χ0) is 27.0. The summed E-state index contributed by atoms with van der Waals surface area (Å²) in [6.07, 6.45) is 3.11. The molecule has 0 saturated carbocycles. The molecule has 0 spiro atoms. The number of nitrogens with one attached hydrogen (secondary N) is 2. The molecular weight excluding hydrogens is 509 g/mol. The number of aromatic nitrogens is 2. The van der Waals surface area contributed by atoms with E-state index >= 15 is 0 Å². The van der Waals surface area contributed by atoms with Crippen LogP contribution in [0.1, 0.15) is 18.7 Å². The Bertz CT molecular complexity index is 1260. The Morgan fingerprint density at radius 3 is 2.54 bits per heavy atom. The zero-order valence-corrected chi connectivity index (χ0v) is 21.8. The molecule has 0 radical (unpaired) electrons. The lowest BCUT2D eigenvalue weighted by molar-refractivity contribution is -0.142. The minimum atomic E-state index is -4.12. The summed E-state index contributed by atoms with van der Waals surface area (Å²) in [6.45, 7) is 3.56. The van der Waals surface area contributed by atoms with Crippen LogP contribution in [0.25, 0.3) is 0 Å². The van der Waals surface area contributed by atoms with Crippen molar-refractivity contribution in [2.45, 2.75) is 32.2 Å². The summed E-state index contributed by atoms with van der Waals surface area (Å²) in [5, 5.41) is 2.55. The van der Waals surface area contributed by atoms with Gasteiger partial charge < -0.3 is 23.5 Å². The van der Waals surface area contributed by atoms with Crippen molar-refractivity contribution in [3.05, 3.63) is 69.0 Å². The van der Waals surface area contributed by atoms with Gasteiger partial charge in [-0.1, -0.05) is 6.08 Å². The third-order valence-corrected chi connectivity index (χ3v) is 6.79. The maximum absolute atomic E-state index is 13.6. The SMILES string of the molecule is COCCOc1ccc(OP(=O)(NC(C)C(=O)OC)OC[C@@H]2C=C[C@H](n3cc(C)c(=O)[nH]c3=O)O2)cc1. The number of ether oxygens (including phenoxy) is 4. The van der Waals surface area contributed by atoms with E-state index in [1.807, 2.05) is 0 Å². The summed E-state index contributed by atoms with van der Waals surface area (Å²) < 4.78 is 46.9. The molecule has 3 rings (SSSR count). The molecule has 0 saturated heterocycles. The molecule has 1 aliphatic rings. The summed E-state index contributed by atoms with van der Waals surface area (Å²) in [5.74, 6) is 0.0848. The van der Waals surface area contributed by atoms with Crippen molar-refractivity contribution in [3.8, 4) is 11.5 Å². The lowest BCUT2D eigenvalue weighted by Crippen LogP contribution is -2.35. The topological polar surface area (TPSA) is 156 Å². The van der Waals surface area contributed by atoms with E-state index in [0.29, 0.717) is 24.5 Å². The van der Waals surface area contributed by atoms with Crippen molar-refractivity contribution < 1.29 is 37.4 Å². The van der Waals surface area contributed by atoms with Crippen LogP contribution in [0.3, 0.4) is 0 Å². The first-order valence-electron chi connectivity index (χ1n) is 11.3. The molecule has 2 heterocycles. The maximum atomic E-state index is 13.6. The highest BCUT2D eigenvalue weighted by Crippen LogP contribution is 2.45. The Morgan fingerprint density at radius 1 is 1.16 bits per heavy atom. The van der Waals surface area contributed by atoms with Gasteiger partial charge in [-0.05, 0) is 44.2 Å². The number of carbonyl (C=O) groups excluding carboxylic acids is 1. The average molecular weight is 539 g/mol. The molecule has 2 N–H and O–H groups in total. The lowest BCUT2D eigenvalue weighted by atomic mass is 10.3. The van der Waals surface area contributed by atoms with Crippen LogP contribution in [-0.2, 0) is 28.1 Å². The number of benzene rings is 1. The number of aromatic amines is 1. The van der Waals surface area contributed by atoms with Gasteiger partial charge in [0.2, 0.25) is 0 Å². The Morgan fingerprint density at radius 2 is 1.86 bits per heavy atom. The third kappa shape index (κ3) is 7.88. The maximum Gasteiger partial charge on any atom is 0.459 e. The average Bonchev–Trinajstić information content (AvgIpc) is 3.34. The Kier molecular flexibility index (Phi) is 9.84. The molecule has 4 atom stereocenters. The van der Waals surface area contributed by atoms with Crippen molar-refractivity contribution in [1.82, 2.24) is 14.6 Å². The fraction of sp³-hybridized carbons (Fsp3) is 0.435. The number of H-pyrrole nitrogens is 1. The van der Waals surface area contributed by atoms with Crippen LogP contribution in [-0.4, -0.2) is 61.7 Å². The Hall–Kier alpha value is -3.22. The molecular formula is C23H30N3O10P. The number of aryl methyl sites for hydroxylation is 1. The van der Waals surface area contributed by atoms with Crippen molar-refractivity contribution in [2.24, 2.45) is 0 Å². The molecule has 13 nitrogen and oxygen atoms in total. The van der Waals surface area contributed by atoms with Gasteiger partial charge in [0, 0.05) is 18.9 Å². The number of rotatable bonds is 13. The predicted molar refractivity (Wildman–Crippen MR) is 132 cm³/mol. The molecule has 0 bridgehead atoms. The summed E-state index contributed by atoms with van der Waals surface area (Å²) in [6, 6.07) is 5.31. The van der Waals surface area contributed by atoms with Gasteiger partial charge in [0.25, 0.3) is 5.56 Å². The zero-order valence-electron chi connectivity index (χ0n) is 20.9. The Balaban J connectivity index is 1.68. The van der Waals surface area contributed by atoms with E-state index in [1.54, 1.807) is 38.3 Å². The monoisotopic (exact) mass is 539 g/mol. The number of hydrogen-bond donors (Lipinski definition) is 2. The first-order valence-corrected chi connectivity index (χ1v) is 12.9. The van der Waals surface area contributed by atoms with Crippen LogP contribution in [0.2, 0.25) is 0 Å². The van der Waals surface area contributed by atoms with Gasteiger partial charge in [0.15, 0.2) is 6.23 Å². The van der Waals surface area contributed by atoms with E-state index < -0.39 is 43.3 Å². The molecule has 1 aromatic carbocycles. The largest absolute Gasteiger partial charge is 0.491 e. The van der Waals surface area contributed by atoms with Crippen LogP contribution in [0, 0.1) is 6.92 Å². The summed E-state index contributed by atoms with van der Waals surface area (Å²) in [7, 11) is -1.35. The minimum Gasteiger partial charge on any atom is -0.491 e. The van der Waals surface area contributed by atoms with Crippen LogP contribution < -0.4 is 25.6 Å². The molecule has 37 heavy (non-hydrogen) atoms. The van der Waals surface area contributed by atoms with E-state index in [0.717, 1.165) is 0 Å². The number of nitrogens with zero attached hydrogens (tertiary/aromatic N) is 1. The van der Waals surface area contributed by atoms with E-state index in [2.05, 4.69) is 14.8 Å². The van der Waals surface area contributed by atoms with E-state index in [4.69, 9.17) is 23.3 Å². The second kappa shape index (κ2) is 12.8. The summed E-state index contributed by atoms with van der Waals surface area (Å²) in [5.41, 5.74) is -0.782. The number of hydrogen-bond acceptors (Lipinski definition) is 10. The molecule has 2 aromatic rings. The third-order valence-electron chi connectivity index (χ3n) is 5.15. The lowest BCUT2D eigenvalue weighted by Gasteiger charge is -2.24. The molecule has 0 aliphatic carbocycles. The van der Waals surface area contributed by atoms with Gasteiger partial charge >= 0.3 is 19.4 Å². The number of esters is 1. The smallest absolute Gasteiger partial charge is 0.459 e. The van der Waals surface area contributed by atoms with Gasteiger partial charge in [-0.2, -0.15) is 5.09 Å². The first kappa shape index (κ1) is 28.4. The van der Waals surface area contributed by atoms with Gasteiger partial charge in [0.1, 0.15) is 30.3 Å². The number of methoxy groups -OCH3 is 2. The highest BCUT2D eigenvalue weighted by molar-refractivity contribution is 7.52. The van der Waals surface area contributed by atoms with Crippen LogP contribution >= 0.6 is 7.75 Å². The highest BCUT2D eigenvalue weighted by Gasteiger charge is 2.34. The fourth-order valence-corrected chi connectivity index (χ4v) is 4.73. The van der Waals surface area contributed by atoms with Gasteiger partial charge in [0.05, 0.1) is 20.3 Å². The second-order valence-corrected chi connectivity index (χ2v) is 9.69. The molecule has 202 valence electrons. The molecule has 0 fully saturated rings. The van der Waals surface area contributed by atoms with Crippen molar-refractivity contribution >= 4 is 13.7 Å². The summed E-state index contributed by atoms with van der Waals surface area (Å²) >= 11 is 0. The highest BCUT2D eigenvalue weighted by atomic mass is 31.2. The van der Waals surface area contributed by atoms with E-state index in [9.17, 15) is 18.9 Å².